The second-order valence-corrected chi connectivity index (χ2v) is 5.53. The molecule has 0 aromatic carbocycles. The highest BCUT2D eigenvalue weighted by Gasteiger charge is 2.50. The molecule has 23 heavy (non-hydrogen) atoms. The summed E-state index contributed by atoms with van der Waals surface area (Å²) in [5.41, 5.74) is 0. The fraction of sp³-hybridized carbons (Fsp3) is 1.00. The third kappa shape index (κ3) is 3.65. The molecule has 136 valence electrons. The molecule has 0 radical (unpaired) electrons. The summed E-state index contributed by atoms with van der Waals surface area (Å²) < 4.78 is 15.1. The molecule has 2 saturated heterocycles. The maximum absolute atomic E-state index is 10.00. The van der Waals surface area contributed by atoms with Gasteiger partial charge < -0.3 is 55.1 Å². The minimum Gasteiger partial charge on any atom is -0.394 e. The smallest absolute Gasteiger partial charge is 0.187 e. The first kappa shape index (κ1) is 18.9. The van der Waals surface area contributed by atoms with Gasteiger partial charge in [0.2, 0.25) is 0 Å². The quantitative estimate of drug-likeness (QED) is 0.243. The molecule has 0 aliphatic carbocycles. The number of ether oxygens (including phenoxy) is 3. The van der Waals surface area contributed by atoms with Crippen LogP contribution in [0.2, 0.25) is 0 Å². The van der Waals surface area contributed by atoms with E-state index >= 15 is 0 Å². The van der Waals surface area contributed by atoms with Gasteiger partial charge in [-0.05, 0) is 0 Å². The van der Waals surface area contributed by atoms with Crippen molar-refractivity contribution in [3.05, 3.63) is 0 Å². The van der Waals surface area contributed by atoms with Crippen molar-refractivity contribution in [2.24, 2.45) is 0 Å². The summed E-state index contributed by atoms with van der Waals surface area (Å²) in [5.74, 6) is 0. The summed E-state index contributed by atoms with van der Waals surface area (Å²) >= 11 is 0. The molecule has 0 aromatic heterocycles. The molecule has 2 aliphatic heterocycles. The van der Waals surface area contributed by atoms with Crippen molar-refractivity contribution in [2.45, 2.75) is 61.4 Å². The predicted octanol–water partition coefficient (Wildman–Crippen LogP) is -5.40. The molecule has 11 heteroatoms. The summed E-state index contributed by atoms with van der Waals surface area (Å²) in [6.45, 7) is -1.34. The third-order valence-electron chi connectivity index (χ3n) is 3.98. The van der Waals surface area contributed by atoms with E-state index in [0.29, 0.717) is 0 Å². The van der Waals surface area contributed by atoms with E-state index in [0.717, 1.165) is 0 Å². The minimum absolute atomic E-state index is 0.667. The molecular formula is C12H22O11. The van der Waals surface area contributed by atoms with Crippen LogP contribution in [0, 0.1) is 0 Å². The van der Waals surface area contributed by atoms with E-state index in [1.807, 2.05) is 0 Å². The second-order valence-electron chi connectivity index (χ2n) is 5.53. The van der Waals surface area contributed by atoms with Crippen LogP contribution in [-0.2, 0) is 14.2 Å². The lowest BCUT2D eigenvalue weighted by Crippen LogP contribution is -2.64. The zero-order chi connectivity index (χ0) is 17.3. The molecule has 0 aromatic rings. The first-order chi connectivity index (χ1) is 10.8. The topological polar surface area (TPSA) is 190 Å². The molecule has 2 heterocycles. The highest BCUT2D eigenvalue weighted by molar-refractivity contribution is 4.93. The van der Waals surface area contributed by atoms with Gasteiger partial charge in [-0.2, -0.15) is 0 Å². The predicted molar refractivity (Wildman–Crippen MR) is 68.6 cm³/mol. The molecule has 0 bridgehead atoms. The number of hydrogen-bond donors (Lipinski definition) is 8. The van der Waals surface area contributed by atoms with Crippen molar-refractivity contribution < 1.29 is 55.1 Å². The van der Waals surface area contributed by atoms with Gasteiger partial charge >= 0.3 is 0 Å². The van der Waals surface area contributed by atoms with Crippen molar-refractivity contribution in [1.82, 2.24) is 0 Å². The van der Waals surface area contributed by atoms with Gasteiger partial charge in [0, 0.05) is 0 Å². The average molecular weight is 342 g/mol. The van der Waals surface area contributed by atoms with Crippen molar-refractivity contribution in [2.75, 3.05) is 13.2 Å². The Labute approximate surface area is 130 Å². The van der Waals surface area contributed by atoms with E-state index in [1.165, 1.54) is 0 Å². The normalized spacial score (nSPS) is 51.7. The Bertz CT molecular complexity index is 380. The van der Waals surface area contributed by atoms with E-state index < -0.39 is 74.6 Å². The van der Waals surface area contributed by atoms with Gasteiger partial charge in [0.05, 0.1) is 13.2 Å². The van der Waals surface area contributed by atoms with Gasteiger partial charge in [0.15, 0.2) is 12.6 Å². The van der Waals surface area contributed by atoms with Crippen LogP contribution in [0.4, 0.5) is 0 Å². The summed E-state index contributed by atoms with van der Waals surface area (Å²) in [5, 5.41) is 76.8. The zero-order valence-electron chi connectivity index (χ0n) is 12.0. The fourth-order valence-electron chi connectivity index (χ4n) is 2.56. The summed E-state index contributed by atoms with van der Waals surface area (Å²) in [6.07, 6.45) is -15.7. The van der Waals surface area contributed by atoms with Gasteiger partial charge in [-0.3, -0.25) is 0 Å². The Morgan fingerprint density at radius 1 is 0.652 bits per heavy atom. The minimum atomic E-state index is -1.76. The average Bonchev–Trinajstić information content (AvgIpc) is 2.54. The molecule has 0 spiro atoms. The molecular weight excluding hydrogens is 320 g/mol. The van der Waals surface area contributed by atoms with Crippen molar-refractivity contribution >= 4 is 0 Å². The highest BCUT2D eigenvalue weighted by atomic mass is 16.7. The monoisotopic (exact) mass is 342 g/mol. The number of hydrogen-bond acceptors (Lipinski definition) is 11. The van der Waals surface area contributed by atoms with Crippen LogP contribution in [0.5, 0.6) is 0 Å². The standard InChI is InChI=1S/C12H22O11/c13-1-3-5(15)7(17)8(18)12(22-3)23-10-6(16)4(2-14)21-11(20)9(10)19/h3-20H,1-2H2/t3-,4-,5-,6-,7+,8-,9+,10+,11?,12?/m1/s1. The lowest BCUT2D eigenvalue weighted by molar-refractivity contribution is -0.355. The first-order valence-corrected chi connectivity index (χ1v) is 7.08. The number of rotatable bonds is 4. The van der Waals surface area contributed by atoms with Crippen LogP contribution in [0.3, 0.4) is 0 Å². The molecule has 11 nitrogen and oxygen atoms in total. The summed E-state index contributed by atoms with van der Waals surface area (Å²) in [6, 6.07) is 0. The Balaban J connectivity index is 2.11. The number of aliphatic hydroxyl groups excluding tert-OH is 8. The van der Waals surface area contributed by atoms with E-state index in [1.54, 1.807) is 0 Å². The van der Waals surface area contributed by atoms with Gasteiger partial charge in [0.1, 0.15) is 48.8 Å². The Morgan fingerprint density at radius 2 is 1.22 bits per heavy atom. The largest absolute Gasteiger partial charge is 0.394 e. The molecule has 2 aliphatic rings. The Kier molecular flexibility index (Phi) is 6.27. The van der Waals surface area contributed by atoms with E-state index in [4.69, 9.17) is 24.4 Å². The summed E-state index contributed by atoms with van der Waals surface area (Å²) in [4.78, 5) is 0. The molecule has 8 N–H and O–H groups in total. The van der Waals surface area contributed by atoms with E-state index in [-0.39, 0.29) is 0 Å². The molecule has 0 saturated carbocycles. The van der Waals surface area contributed by atoms with E-state index in [2.05, 4.69) is 0 Å². The van der Waals surface area contributed by atoms with Crippen molar-refractivity contribution in [1.29, 1.82) is 0 Å². The van der Waals surface area contributed by atoms with Crippen LogP contribution < -0.4 is 0 Å². The maximum Gasteiger partial charge on any atom is 0.187 e. The van der Waals surface area contributed by atoms with E-state index in [9.17, 15) is 30.6 Å². The van der Waals surface area contributed by atoms with Gasteiger partial charge in [-0.25, -0.2) is 0 Å². The first-order valence-electron chi connectivity index (χ1n) is 7.08. The van der Waals surface area contributed by atoms with Gasteiger partial charge in [-0.15, -0.1) is 0 Å². The molecule has 10 atom stereocenters. The SMILES string of the molecule is OC[C@H]1OC(O[C@H]2[C@H](O)[C@@H](CO)OC(O)[C@H]2O)[C@H](O)[C@@H](O)[C@@H]1O. The summed E-state index contributed by atoms with van der Waals surface area (Å²) in [7, 11) is 0. The van der Waals surface area contributed by atoms with Crippen LogP contribution in [-0.4, -0.2) is 115 Å². The van der Waals surface area contributed by atoms with Crippen LogP contribution in [0.1, 0.15) is 0 Å². The molecule has 2 fully saturated rings. The van der Waals surface area contributed by atoms with Crippen molar-refractivity contribution in [3.8, 4) is 0 Å². The van der Waals surface area contributed by atoms with Gasteiger partial charge in [-0.1, -0.05) is 0 Å². The molecule has 2 unspecified atom stereocenters. The lowest BCUT2D eigenvalue weighted by atomic mass is 9.97. The van der Waals surface area contributed by atoms with Crippen LogP contribution in [0.25, 0.3) is 0 Å². The molecule has 2 rings (SSSR count). The van der Waals surface area contributed by atoms with Crippen LogP contribution in [0.15, 0.2) is 0 Å². The molecule has 0 amide bonds. The highest BCUT2D eigenvalue weighted by Crippen LogP contribution is 2.28. The fourth-order valence-corrected chi connectivity index (χ4v) is 2.56. The maximum atomic E-state index is 10.00. The van der Waals surface area contributed by atoms with Crippen molar-refractivity contribution in [3.63, 3.8) is 0 Å². The third-order valence-corrected chi connectivity index (χ3v) is 3.98. The Morgan fingerprint density at radius 3 is 1.78 bits per heavy atom. The van der Waals surface area contributed by atoms with Gasteiger partial charge in [0.25, 0.3) is 0 Å². The zero-order valence-corrected chi connectivity index (χ0v) is 12.0. The number of aliphatic hydroxyl groups is 8. The van der Waals surface area contributed by atoms with Crippen LogP contribution >= 0.6 is 0 Å². The second kappa shape index (κ2) is 7.63. The lowest BCUT2D eigenvalue weighted by Gasteiger charge is -2.45. The Hall–Kier alpha value is -0.440.